The van der Waals surface area contributed by atoms with E-state index in [1.165, 1.54) is 43.4 Å². The van der Waals surface area contributed by atoms with Crippen LogP contribution < -0.4 is 5.73 Å². The molecule has 1 aliphatic heterocycles. The van der Waals surface area contributed by atoms with Crippen molar-refractivity contribution in [3.8, 4) is 0 Å². The zero-order valence-electron chi connectivity index (χ0n) is 10.6. The molecule has 2 nitrogen and oxygen atoms in total. The van der Waals surface area contributed by atoms with Gasteiger partial charge < -0.3 is 5.73 Å². The lowest BCUT2D eigenvalue weighted by Crippen LogP contribution is -2.46. The van der Waals surface area contributed by atoms with E-state index in [0.717, 1.165) is 6.04 Å². The van der Waals surface area contributed by atoms with Gasteiger partial charge >= 0.3 is 0 Å². The van der Waals surface area contributed by atoms with Gasteiger partial charge in [0.05, 0.1) is 0 Å². The number of nitrogens with zero attached hydrogens (tertiary/aromatic N) is 1. The molecular formula is C15H22N2. The first kappa shape index (κ1) is 11.2. The minimum Gasteiger partial charge on any atom is -0.323 e. The maximum absolute atomic E-state index is 6.49. The van der Waals surface area contributed by atoms with Gasteiger partial charge in [0.25, 0.3) is 0 Å². The molecule has 0 bridgehead atoms. The fraction of sp³-hybridized carbons (Fsp3) is 0.600. The minimum absolute atomic E-state index is 0.209. The Morgan fingerprint density at radius 2 is 2.06 bits per heavy atom. The summed E-state index contributed by atoms with van der Waals surface area (Å²) in [5.74, 6) is 0. The van der Waals surface area contributed by atoms with Crippen LogP contribution in [0.2, 0.25) is 0 Å². The van der Waals surface area contributed by atoms with Gasteiger partial charge in [-0.05, 0) is 50.3 Å². The number of nitrogens with two attached hydrogens (primary N) is 1. The topological polar surface area (TPSA) is 29.3 Å². The first-order chi connectivity index (χ1) is 8.27. The Labute approximate surface area is 104 Å². The SMILES string of the molecule is CC1CCCN1C1CCc2ccccc2C1N. The van der Waals surface area contributed by atoms with Crippen LogP contribution in [0, 0.1) is 0 Å². The number of likely N-dealkylation sites (tertiary alicyclic amines) is 1. The molecule has 1 saturated heterocycles. The summed E-state index contributed by atoms with van der Waals surface area (Å²) in [5, 5.41) is 0. The van der Waals surface area contributed by atoms with Crippen molar-refractivity contribution in [2.45, 2.75) is 50.7 Å². The quantitative estimate of drug-likeness (QED) is 0.803. The van der Waals surface area contributed by atoms with E-state index in [1.54, 1.807) is 0 Å². The van der Waals surface area contributed by atoms with Gasteiger partial charge in [-0.3, -0.25) is 4.90 Å². The molecule has 1 aliphatic carbocycles. The third-order valence-corrected chi connectivity index (χ3v) is 4.57. The van der Waals surface area contributed by atoms with Gasteiger partial charge in [0.2, 0.25) is 0 Å². The monoisotopic (exact) mass is 230 g/mol. The molecule has 0 amide bonds. The van der Waals surface area contributed by atoms with Gasteiger partial charge in [0, 0.05) is 18.1 Å². The standard InChI is InChI=1S/C15H22N2/c1-11-5-4-10-17(11)14-9-8-12-6-2-3-7-13(12)15(14)16/h2-3,6-7,11,14-15H,4-5,8-10,16H2,1H3. The zero-order valence-corrected chi connectivity index (χ0v) is 10.6. The minimum atomic E-state index is 0.209. The molecule has 0 aromatic heterocycles. The number of rotatable bonds is 1. The van der Waals surface area contributed by atoms with Crippen molar-refractivity contribution in [1.82, 2.24) is 4.90 Å². The van der Waals surface area contributed by atoms with Crippen LogP contribution in [-0.2, 0) is 6.42 Å². The smallest absolute Gasteiger partial charge is 0.0456 e. The molecule has 17 heavy (non-hydrogen) atoms. The van der Waals surface area contributed by atoms with Crippen LogP contribution >= 0.6 is 0 Å². The van der Waals surface area contributed by atoms with Crippen molar-refractivity contribution in [1.29, 1.82) is 0 Å². The van der Waals surface area contributed by atoms with Crippen molar-refractivity contribution in [3.05, 3.63) is 35.4 Å². The molecule has 3 unspecified atom stereocenters. The second-order valence-corrected chi connectivity index (χ2v) is 5.56. The van der Waals surface area contributed by atoms with Crippen LogP contribution in [0.5, 0.6) is 0 Å². The summed E-state index contributed by atoms with van der Waals surface area (Å²) in [4.78, 5) is 2.64. The van der Waals surface area contributed by atoms with Crippen molar-refractivity contribution in [3.63, 3.8) is 0 Å². The summed E-state index contributed by atoms with van der Waals surface area (Å²) < 4.78 is 0. The Hall–Kier alpha value is -0.860. The van der Waals surface area contributed by atoms with Gasteiger partial charge in [0.1, 0.15) is 0 Å². The van der Waals surface area contributed by atoms with Crippen molar-refractivity contribution >= 4 is 0 Å². The highest BCUT2D eigenvalue weighted by Crippen LogP contribution is 2.34. The first-order valence-corrected chi connectivity index (χ1v) is 6.86. The van der Waals surface area contributed by atoms with Gasteiger partial charge in [-0.1, -0.05) is 24.3 Å². The van der Waals surface area contributed by atoms with Crippen molar-refractivity contribution < 1.29 is 0 Å². The molecule has 2 aliphatic rings. The van der Waals surface area contributed by atoms with Gasteiger partial charge in [-0.2, -0.15) is 0 Å². The van der Waals surface area contributed by atoms with Crippen LogP contribution in [0.15, 0.2) is 24.3 Å². The van der Waals surface area contributed by atoms with E-state index in [0.29, 0.717) is 6.04 Å². The number of aryl methyl sites for hydroxylation is 1. The fourth-order valence-corrected chi connectivity index (χ4v) is 3.60. The van der Waals surface area contributed by atoms with Crippen molar-refractivity contribution in [2.75, 3.05) is 6.54 Å². The summed E-state index contributed by atoms with van der Waals surface area (Å²) in [6, 6.07) is 10.2. The molecule has 1 fully saturated rings. The van der Waals surface area contributed by atoms with Gasteiger partial charge in [-0.25, -0.2) is 0 Å². The number of benzene rings is 1. The molecule has 92 valence electrons. The normalized spacial score (nSPS) is 33.6. The Kier molecular flexibility index (Phi) is 2.93. The fourth-order valence-electron chi connectivity index (χ4n) is 3.60. The summed E-state index contributed by atoms with van der Waals surface area (Å²) in [7, 11) is 0. The second kappa shape index (κ2) is 4.43. The predicted octanol–water partition coefficient (Wildman–Crippen LogP) is 2.49. The Morgan fingerprint density at radius 1 is 1.24 bits per heavy atom. The third-order valence-electron chi connectivity index (χ3n) is 4.57. The molecule has 1 aromatic rings. The Balaban J connectivity index is 1.86. The van der Waals surface area contributed by atoms with Crippen molar-refractivity contribution in [2.24, 2.45) is 5.73 Å². The van der Waals surface area contributed by atoms with Crippen LogP contribution in [0.3, 0.4) is 0 Å². The van der Waals surface area contributed by atoms with Gasteiger partial charge in [0.15, 0.2) is 0 Å². The van der Waals surface area contributed by atoms with Crippen LogP contribution in [-0.4, -0.2) is 23.5 Å². The highest BCUT2D eigenvalue weighted by Gasteiger charge is 2.35. The van der Waals surface area contributed by atoms with Crippen LogP contribution in [0.1, 0.15) is 43.4 Å². The molecule has 3 rings (SSSR count). The lowest BCUT2D eigenvalue weighted by Gasteiger charge is -2.39. The Morgan fingerprint density at radius 3 is 2.82 bits per heavy atom. The molecule has 3 atom stereocenters. The molecular weight excluding hydrogens is 208 g/mol. The molecule has 0 radical (unpaired) electrons. The second-order valence-electron chi connectivity index (χ2n) is 5.56. The average molecular weight is 230 g/mol. The lowest BCUT2D eigenvalue weighted by molar-refractivity contribution is 0.149. The molecule has 0 spiro atoms. The average Bonchev–Trinajstić information content (AvgIpc) is 2.76. The van der Waals surface area contributed by atoms with E-state index in [2.05, 4.69) is 36.1 Å². The number of hydrogen-bond donors (Lipinski definition) is 1. The van der Waals surface area contributed by atoms with Crippen LogP contribution in [0.25, 0.3) is 0 Å². The predicted molar refractivity (Wildman–Crippen MR) is 70.9 cm³/mol. The largest absolute Gasteiger partial charge is 0.323 e. The highest BCUT2D eigenvalue weighted by molar-refractivity contribution is 5.33. The van der Waals surface area contributed by atoms with Crippen LogP contribution in [0.4, 0.5) is 0 Å². The maximum atomic E-state index is 6.49. The molecule has 2 heteroatoms. The van der Waals surface area contributed by atoms with E-state index in [9.17, 15) is 0 Å². The van der Waals surface area contributed by atoms with E-state index in [4.69, 9.17) is 5.73 Å². The van der Waals surface area contributed by atoms with E-state index in [1.807, 2.05) is 0 Å². The molecule has 1 heterocycles. The van der Waals surface area contributed by atoms with E-state index in [-0.39, 0.29) is 6.04 Å². The zero-order chi connectivity index (χ0) is 11.8. The third kappa shape index (κ3) is 1.90. The summed E-state index contributed by atoms with van der Waals surface area (Å²) in [5.41, 5.74) is 9.33. The molecule has 0 saturated carbocycles. The Bertz CT molecular complexity index is 402. The van der Waals surface area contributed by atoms with E-state index < -0.39 is 0 Å². The molecule has 1 aromatic carbocycles. The van der Waals surface area contributed by atoms with E-state index >= 15 is 0 Å². The summed E-state index contributed by atoms with van der Waals surface area (Å²) in [6.45, 7) is 3.59. The van der Waals surface area contributed by atoms with Gasteiger partial charge in [-0.15, -0.1) is 0 Å². The maximum Gasteiger partial charge on any atom is 0.0456 e. The summed E-state index contributed by atoms with van der Waals surface area (Å²) in [6.07, 6.45) is 5.09. The molecule has 2 N–H and O–H groups in total. The summed E-state index contributed by atoms with van der Waals surface area (Å²) >= 11 is 0. The number of fused-ring (bicyclic) bond motifs is 1. The number of hydrogen-bond acceptors (Lipinski definition) is 2. The lowest BCUT2D eigenvalue weighted by atomic mass is 9.83. The highest BCUT2D eigenvalue weighted by atomic mass is 15.2. The first-order valence-electron chi connectivity index (χ1n) is 6.86.